The summed E-state index contributed by atoms with van der Waals surface area (Å²) < 4.78 is 0. The van der Waals surface area contributed by atoms with Gasteiger partial charge in [-0.05, 0) is 25.1 Å². The summed E-state index contributed by atoms with van der Waals surface area (Å²) in [5, 5.41) is 1.17. The Morgan fingerprint density at radius 1 is 1.26 bits per heavy atom. The molecule has 3 N–H and O–H groups in total. The molecule has 4 heteroatoms. The van der Waals surface area contributed by atoms with E-state index in [0.29, 0.717) is 6.54 Å². The van der Waals surface area contributed by atoms with Gasteiger partial charge in [-0.3, -0.25) is 4.98 Å². The fraction of sp³-hybridized carbons (Fsp3) is 0.200. The average Bonchev–Trinajstić information content (AvgIpc) is 2.82. The number of aryl methyl sites for hydroxylation is 1. The van der Waals surface area contributed by atoms with Gasteiger partial charge in [-0.2, -0.15) is 0 Å². The maximum absolute atomic E-state index is 5.56. The molecule has 0 saturated carbocycles. The summed E-state index contributed by atoms with van der Waals surface area (Å²) in [6, 6.07) is 6.36. The number of rotatable bonds is 3. The molecule has 96 valence electrons. The molecule has 19 heavy (non-hydrogen) atoms. The lowest BCUT2D eigenvalue weighted by molar-refractivity contribution is 0.911. The zero-order chi connectivity index (χ0) is 13.2. The number of aromatic amines is 1. The highest BCUT2D eigenvalue weighted by Gasteiger charge is 2.08. The molecule has 0 bridgehead atoms. The summed E-state index contributed by atoms with van der Waals surface area (Å²) in [6.07, 6.45) is 6.31. The Labute approximate surface area is 111 Å². The molecule has 2 aromatic heterocycles. The molecule has 0 amide bonds. The summed E-state index contributed by atoms with van der Waals surface area (Å²) in [7, 11) is 0. The van der Waals surface area contributed by atoms with Crippen LogP contribution in [-0.4, -0.2) is 21.5 Å². The van der Waals surface area contributed by atoms with Gasteiger partial charge in [-0.1, -0.05) is 12.1 Å². The van der Waals surface area contributed by atoms with Gasteiger partial charge in [0.05, 0.1) is 17.6 Å². The van der Waals surface area contributed by atoms with Crippen LogP contribution in [0.3, 0.4) is 0 Å². The van der Waals surface area contributed by atoms with E-state index in [0.717, 1.165) is 28.9 Å². The van der Waals surface area contributed by atoms with Crippen LogP contribution >= 0.6 is 0 Å². The Kier molecular flexibility index (Phi) is 3.01. The van der Waals surface area contributed by atoms with Crippen molar-refractivity contribution < 1.29 is 0 Å². The first-order valence-corrected chi connectivity index (χ1v) is 6.37. The van der Waals surface area contributed by atoms with Crippen LogP contribution in [0.4, 0.5) is 0 Å². The lowest BCUT2D eigenvalue weighted by Crippen LogP contribution is -2.05. The second kappa shape index (κ2) is 4.82. The summed E-state index contributed by atoms with van der Waals surface area (Å²) in [6.45, 7) is 2.67. The second-order valence-electron chi connectivity index (χ2n) is 4.69. The summed E-state index contributed by atoms with van der Waals surface area (Å²) in [5.74, 6) is 0. The molecule has 3 rings (SSSR count). The quantitative estimate of drug-likeness (QED) is 0.752. The third kappa shape index (κ3) is 2.22. The van der Waals surface area contributed by atoms with Crippen molar-refractivity contribution >= 4 is 10.9 Å². The van der Waals surface area contributed by atoms with Gasteiger partial charge in [0.2, 0.25) is 0 Å². The molecule has 2 heterocycles. The van der Waals surface area contributed by atoms with Crippen LogP contribution in [0.5, 0.6) is 0 Å². The molecule has 0 aliphatic heterocycles. The van der Waals surface area contributed by atoms with Crippen molar-refractivity contribution in [1.82, 2.24) is 15.0 Å². The van der Waals surface area contributed by atoms with Crippen LogP contribution in [-0.2, 0) is 6.42 Å². The van der Waals surface area contributed by atoms with Crippen LogP contribution < -0.4 is 5.73 Å². The minimum atomic E-state index is 0.589. The first-order valence-electron chi connectivity index (χ1n) is 6.37. The number of nitrogens with zero attached hydrogens (tertiary/aromatic N) is 2. The largest absolute Gasteiger partial charge is 0.360 e. The predicted molar refractivity (Wildman–Crippen MR) is 76.8 cm³/mol. The normalized spacial score (nSPS) is 11.1. The number of hydrogen-bond donors (Lipinski definition) is 2. The van der Waals surface area contributed by atoms with E-state index < -0.39 is 0 Å². The van der Waals surface area contributed by atoms with E-state index >= 15 is 0 Å². The van der Waals surface area contributed by atoms with Crippen LogP contribution in [0.1, 0.15) is 11.3 Å². The van der Waals surface area contributed by atoms with E-state index in [1.54, 1.807) is 12.4 Å². The molecule has 0 spiro atoms. The molecule has 0 aliphatic rings. The Morgan fingerprint density at radius 2 is 2.16 bits per heavy atom. The highest BCUT2D eigenvalue weighted by molar-refractivity contribution is 5.94. The van der Waals surface area contributed by atoms with Gasteiger partial charge in [0.25, 0.3) is 0 Å². The van der Waals surface area contributed by atoms with Gasteiger partial charge in [0.1, 0.15) is 0 Å². The zero-order valence-corrected chi connectivity index (χ0v) is 10.9. The van der Waals surface area contributed by atoms with Crippen LogP contribution in [0.15, 0.2) is 36.8 Å². The van der Waals surface area contributed by atoms with E-state index in [1.165, 1.54) is 10.9 Å². The maximum Gasteiger partial charge on any atom is 0.0909 e. The summed E-state index contributed by atoms with van der Waals surface area (Å²) in [5.41, 5.74) is 10.8. The van der Waals surface area contributed by atoms with Gasteiger partial charge in [0, 0.05) is 35.3 Å². The van der Waals surface area contributed by atoms with Gasteiger partial charge >= 0.3 is 0 Å². The molecule has 4 nitrogen and oxygen atoms in total. The smallest absolute Gasteiger partial charge is 0.0909 e. The fourth-order valence-electron chi connectivity index (χ4n) is 2.26. The van der Waals surface area contributed by atoms with E-state index in [2.05, 4.69) is 40.1 Å². The molecule has 0 radical (unpaired) electrons. The summed E-state index contributed by atoms with van der Waals surface area (Å²) >= 11 is 0. The van der Waals surface area contributed by atoms with Crippen molar-refractivity contribution in [2.75, 3.05) is 6.54 Å². The third-order valence-electron chi connectivity index (χ3n) is 3.20. The molecular formula is C15H16N4. The minimum absolute atomic E-state index is 0.589. The molecular weight excluding hydrogens is 236 g/mol. The molecule has 0 unspecified atom stereocenters. The number of benzene rings is 1. The minimum Gasteiger partial charge on any atom is -0.360 e. The van der Waals surface area contributed by atoms with Gasteiger partial charge in [-0.25, -0.2) is 4.98 Å². The van der Waals surface area contributed by atoms with E-state index in [-0.39, 0.29) is 0 Å². The lowest BCUT2D eigenvalue weighted by atomic mass is 10.1. The number of nitrogens with two attached hydrogens (primary N) is 1. The number of aromatic nitrogens is 3. The van der Waals surface area contributed by atoms with Crippen molar-refractivity contribution in [3.63, 3.8) is 0 Å². The molecule has 3 aromatic rings. The zero-order valence-electron chi connectivity index (χ0n) is 10.9. The van der Waals surface area contributed by atoms with Crippen molar-refractivity contribution in [2.45, 2.75) is 13.3 Å². The van der Waals surface area contributed by atoms with E-state index in [4.69, 9.17) is 5.73 Å². The molecule has 1 aromatic carbocycles. The standard InChI is InChI=1S/C15H16N4/c1-10-2-3-12-13(8-18-14(12)6-10)15-9-17-7-11(19-15)4-5-16/h2-3,6-9,18H,4-5,16H2,1H3. The van der Waals surface area contributed by atoms with Gasteiger partial charge < -0.3 is 10.7 Å². The Hall–Kier alpha value is -2.20. The van der Waals surface area contributed by atoms with Crippen molar-refractivity contribution in [2.24, 2.45) is 5.73 Å². The van der Waals surface area contributed by atoms with Gasteiger partial charge in [-0.15, -0.1) is 0 Å². The maximum atomic E-state index is 5.56. The Bertz CT molecular complexity index is 715. The molecule has 0 atom stereocenters. The van der Waals surface area contributed by atoms with Crippen molar-refractivity contribution in [3.8, 4) is 11.3 Å². The van der Waals surface area contributed by atoms with Crippen molar-refractivity contribution in [3.05, 3.63) is 48.0 Å². The van der Waals surface area contributed by atoms with Crippen molar-refractivity contribution in [1.29, 1.82) is 0 Å². The highest BCUT2D eigenvalue weighted by atomic mass is 14.8. The first kappa shape index (κ1) is 11.9. The Morgan fingerprint density at radius 3 is 3.00 bits per heavy atom. The first-order chi connectivity index (χ1) is 9.28. The average molecular weight is 252 g/mol. The number of nitrogens with one attached hydrogen (secondary N) is 1. The number of fused-ring (bicyclic) bond motifs is 1. The van der Waals surface area contributed by atoms with Crippen LogP contribution in [0.2, 0.25) is 0 Å². The van der Waals surface area contributed by atoms with E-state index in [1.807, 2.05) is 6.20 Å². The second-order valence-corrected chi connectivity index (χ2v) is 4.69. The topological polar surface area (TPSA) is 67.6 Å². The van der Waals surface area contributed by atoms with Gasteiger partial charge in [0.15, 0.2) is 0 Å². The fourth-order valence-corrected chi connectivity index (χ4v) is 2.26. The number of hydrogen-bond acceptors (Lipinski definition) is 3. The SMILES string of the molecule is Cc1ccc2c(-c3cncc(CCN)n3)c[nH]c2c1. The van der Waals surface area contributed by atoms with Crippen LogP contribution in [0.25, 0.3) is 22.2 Å². The lowest BCUT2D eigenvalue weighted by Gasteiger charge is -2.02. The van der Waals surface area contributed by atoms with E-state index in [9.17, 15) is 0 Å². The third-order valence-corrected chi connectivity index (χ3v) is 3.20. The highest BCUT2D eigenvalue weighted by Crippen LogP contribution is 2.27. The molecule has 0 fully saturated rings. The summed E-state index contributed by atoms with van der Waals surface area (Å²) in [4.78, 5) is 12.2. The molecule has 0 aliphatic carbocycles. The van der Waals surface area contributed by atoms with Crippen LogP contribution in [0, 0.1) is 6.92 Å². The Balaban J connectivity index is 2.11. The predicted octanol–water partition coefficient (Wildman–Crippen LogP) is 2.43. The number of H-pyrrole nitrogens is 1. The monoisotopic (exact) mass is 252 g/mol. The molecule has 0 saturated heterocycles.